The summed E-state index contributed by atoms with van der Waals surface area (Å²) in [4.78, 5) is 0. The second-order valence-electron chi connectivity index (χ2n) is 2.36. The second-order valence-corrected chi connectivity index (χ2v) is 2.36. The van der Waals surface area contributed by atoms with Gasteiger partial charge in [0.25, 0.3) is 0 Å². The molecule has 1 nitrogen and oxygen atoms in total. The molecule has 0 aromatic heterocycles. The lowest BCUT2D eigenvalue weighted by Gasteiger charge is -2.15. The molecule has 1 atom stereocenters. The predicted molar refractivity (Wildman–Crippen MR) is 38.3 cm³/mol. The van der Waals surface area contributed by atoms with Gasteiger partial charge in [-0.15, -0.1) is 0 Å². The van der Waals surface area contributed by atoms with Crippen LogP contribution in [0.5, 0.6) is 0 Å². The van der Waals surface area contributed by atoms with E-state index in [1.807, 2.05) is 0 Å². The van der Waals surface area contributed by atoms with E-state index in [1.54, 1.807) is 0 Å². The van der Waals surface area contributed by atoms with E-state index in [-0.39, 0.29) is 5.56 Å². The van der Waals surface area contributed by atoms with E-state index in [2.05, 4.69) is 6.07 Å². The Kier molecular flexibility index (Phi) is 2.38. The minimum absolute atomic E-state index is 0.0324. The van der Waals surface area contributed by atoms with Crippen molar-refractivity contribution in [2.45, 2.75) is 12.2 Å². The number of alkyl halides is 3. The Morgan fingerprint density at radius 2 is 2.08 bits per heavy atom. The van der Waals surface area contributed by atoms with Crippen molar-refractivity contribution in [3.8, 4) is 0 Å². The standard InChI is InChI=1S/C8H7F3N/c9-8(10,11)7(12)6-4-2-1-3-5-6/h1-2,4-5,7H,12H2. The zero-order valence-corrected chi connectivity index (χ0v) is 6.10. The summed E-state index contributed by atoms with van der Waals surface area (Å²) in [6.07, 6.45) is -4.38. The Bertz CT molecular complexity index is 242. The Labute approximate surface area is 68.0 Å². The van der Waals surface area contributed by atoms with Crippen LogP contribution in [-0.2, 0) is 0 Å². The highest BCUT2D eigenvalue weighted by Crippen LogP contribution is 2.29. The van der Waals surface area contributed by atoms with Gasteiger partial charge in [-0.25, -0.2) is 0 Å². The van der Waals surface area contributed by atoms with E-state index >= 15 is 0 Å². The molecule has 2 N–H and O–H groups in total. The normalized spacial score (nSPS) is 14.3. The summed E-state index contributed by atoms with van der Waals surface area (Å²) in [5.74, 6) is 0. The van der Waals surface area contributed by atoms with Crippen LogP contribution in [0.1, 0.15) is 11.6 Å². The number of hydrogen-bond donors (Lipinski definition) is 1. The molecule has 1 radical (unpaired) electrons. The first-order valence-electron chi connectivity index (χ1n) is 3.30. The maximum Gasteiger partial charge on any atom is 0.407 e. The topological polar surface area (TPSA) is 26.0 Å². The third-order valence-electron chi connectivity index (χ3n) is 1.44. The molecule has 0 heterocycles. The monoisotopic (exact) mass is 174 g/mol. The van der Waals surface area contributed by atoms with Gasteiger partial charge in [-0.3, -0.25) is 0 Å². The molecule has 0 spiro atoms. The van der Waals surface area contributed by atoms with Crippen molar-refractivity contribution in [3.05, 3.63) is 35.9 Å². The molecule has 65 valence electrons. The molecule has 1 aromatic carbocycles. The van der Waals surface area contributed by atoms with Gasteiger partial charge in [0.15, 0.2) is 0 Å². The highest BCUT2D eigenvalue weighted by Gasteiger charge is 2.37. The van der Waals surface area contributed by atoms with Crippen molar-refractivity contribution in [3.63, 3.8) is 0 Å². The SMILES string of the molecule is NC(c1c[c]ccc1)C(F)(F)F. The van der Waals surface area contributed by atoms with Crippen molar-refractivity contribution in [1.29, 1.82) is 0 Å². The van der Waals surface area contributed by atoms with Gasteiger partial charge in [0.05, 0.1) is 0 Å². The molecular formula is C8H7F3N. The summed E-state index contributed by atoms with van der Waals surface area (Å²) in [5, 5.41) is 0. The van der Waals surface area contributed by atoms with E-state index in [1.165, 1.54) is 24.3 Å². The highest BCUT2D eigenvalue weighted by atomic mass is 19.4. The Hall–Kier alpha value is -1.03. The lowest BCUT2D eigenvalue weighted by atomic mass is 10.1. The maximum absolute atomic E-state index is 12.0. The van der Waals surface area contributed by atoms with Crippen molar-refractivity contribution in [2.24, 2.45) is 5.73 Å². The number of halogens is 3. The van der Waals surface area contributed by atoms with Crippen LogP contribution in [-0.4, -0.2) is 6.18 Å². The van der Waals surface area contributed by atoms with Crippen molar-refractivity contribution in [1.82, 2.24) is 0 Å². The molecular weight excluding hydrogens is 167 g/mol. The first-order chi connectivity index (χ1) is 5.52. The molecule has 0 bridgehead atoms. The highest BCUT2D eigenvalue weighted by molar-refractivity contribution is 5.18. The van der Waals surface area contributed by atoms with Gasteiger partial charge in [0.2, 0.25) is 0 Å². The summed E-state index contributed by atoms with van der Waals surface area (Å²) >= 11 is 0. The average molecular weight is 174 g/mol. The minimum Gasteiger partial charge on any atom is -0.316 e. The van der Waals surface area contributed by atoms with E-state index in [4.69, 9.17) is 5.73 Å². The molecule has 1 unspecified atom stereocenters. The van der Waals surface area contributed by atoms with E-state index < -0.39 is 12.2 Å². The van der Waals surface area contributed by atoms with Crippen molar-refractivity contribution < 1.29 is 13.2 Å². The van der Waals surface area contributed by atoms with E-state index in [9.17, 15) is 13.2 Å². The Balaban J connectivity index is 2.86. The van der Waals surface area contributed by atoms with E-state index in [0.717, 1.165) is 0 Å². The van der Waals surface area contributed by atoms with Crippen LogP contribution in [0.2, 0.25) is 0 Å². The number of benzene rings is 1. The lowest BCUT2D eigenvalue weighted by Crippen LogP contribution is -2.28. The molecule has 1 rings (SSSR count). The fourth-order valence-corrected chi connectivity index (χ4v) is 0.790. The zero-order valence-electron chi connectivity index (χ0n) is 6.10. The molecule has 1 aromatic rings. The molecule has 0 saturated carbocycles. The Morgan fingerprint density at radius 3 is 2.50 bits per heavy atom. The molecule has 0 aliphatic rings. The van der Waals surface area contributed by atoms with Gasteiger partial charge in [-0.1, -0.05) is 18.2 Å². The van der Waals surface area contributed by atoms with Crippen LogP contribution in [0.4, 0.5) is 13.2 Å². The second kappa shape index (κ2) is 3.15. The number of nitrogens with two attached hydrogens (primary N) is 1. The third-order valence-corrected chi connectivity index (χ3v) is 1.44. The molecule has 12 heavy (non-hydrogen) atoms. The van der Waals surface area contributed by atoms with Crippen LogP contribution in [0.3, 0.4) is 0 Å². The van der Waals surface area contributed by atoms with Crippen LogP contribution in [0.15, 0.2) is 24.3 Å². The van der Waals surface area contributed by atoms with Gasteiger partial charge in [-0.2, -0.15) is 13.2 Å². The summed E-state index contributed by atoms with van der Waals surface area (Å²) < 4.78 is 36.0. The lowest BCUT2D eigenvalue weighted by molar-refractivity contribution is -0.149. The summed E-state index contributed by atoms with van der Waals surface area (Å²) in [6.45, 7) is 0. The predicted octanol–water partition coefficient (Wildman–Crippen LogP) is 2.05. The van der Waals surface area contributed by atoms with E-state index in [0.29, 0.717) is 0 Å². The fraction of sp³-hybridized carbons (Fsp3) is 0.250. The van der Waals surface area contributed by atoms with Crippen molar-refractivity contribution in [2.75, 3.05) is 0 Å². The maximum atomic E-state index is 12.0. The smallest absolute Gasteiger partial charge is 0.316 e. The fourth-order valence-electron chi connectivity index (χ4n) is 0.790. The van der Waals surface area contributed by atoms with Gasteiger partial charge in [-0.05, 0) is 17.7 Å². The zero-order chi connectivity index (χ0) is 9.19. The van der Waals surface area contributed by atoms with Gasteiger partial charge in [0.1, 0.15) is 6.04 Å². The van der Waals surface area contributed by atoms with Crippen LogP contribution in [0.25, 0.3) is 0 Å². The quantitative estimate of drug-likeness (QED) is 0.692. The van der Waals surface area contributed by atoms with Gasteiger partial charge >= 0.3 is 6.18 Å². The minimum atomic E-state index is -4.38. The number of hydrogen-bond acceptors (Lipinski definition) is 1. The number of rotatable bonds is 1. The largest absolute Gasteiger partial charge is 0.407 e. The summed E-state index contributed by atoms with van der Waals surface area (Å²) in [5.41, 5.74) is 4.96. The summed E-state index contributed by atoms with van der Waals surface area (Å²) in [6, 6.07) is 6.18. The molecule has 4 heteroatoms. The molecule has 0 aliphatic carbocycles. The molecule has 0 aliphatic heterocycles. The average Bonchev–Trinajstić information content (AvgIpc) is 2.03. The van der Waals surface area contributed by atoms with Crippen LogP contribution in [0, 0.1) is 6.07 Å². The third kappa shape index (κ3) is 1.98. The Morgan fingerprint density at radius 1 is 1.42 bits per heavy atom. The van der Waals surface area contributed by atoms with Crippen molar-refractivity contribution >= 4 is 0 Å². The first-order valence-corrected chi connectivity index (χ1v) is 3.30. The van der Waals surface area contributed by atoms with Gasteiger partial charge < -0.3 is 5.73 Å². The van der Waals surface area contributed by atoms with Crippen LogP contribution < -0.4 is 5.73 Å². The van der Waals surface area contributed by atoms with Gasteiger partial charge in [0, 0.05) is 0 Å². The first kappa shape index (κ1) is 9.06. The molecule has 0 fully saturated rings. The molecule has 0 amide bonds. The van der Waals surface area contributed by atoms with Crippen LogP contribution >= 0.6 is 0 Å². The summed E-state index contributed by atoms with van der Waals surface area (Å²) in [7, 11) is 0. The molecule has 0 saturated heterocycles.